The minimum Gasteiger partial charge on any atom is -0.418 e. The average molecular weight is 412 g/mol. The van der Waals surface area contributed by atoms with Gasteiger partial charge >= 0.3 is 0 Å². The number of H-pyrrole nitrogens is 1. The van der Waals surface area contributed by atoms with Gasteiger partial charge in [-0.05, 0) is 44.2 Å². The Morgan fingerprint density at radius 3 is 2.83 bits per heavy atom. The molecule has 3 N–H and O–H groups in total. The number of ether oxygens (including phenoxy) is 1. The lowest BCUT2D eigenvalue weighted by molar-refractivity contribution is -0.385. The fraction of sp³-hybridized carbons (Fsp3) is 0.300. The van der Waals surface area contributed by atoms with Crippen LogP contribution in [0.4, 0.5) is 11.4 Å². The molecular weight excluding hydrogens is 394 g/mol. The van der Waals surface area contributed by atoms with E-state index < -0.39 is 10.8 Å². The summed E-state index contributed by atoms with van der Waals surface area (Å²) in [6, 6.07) is 4.67. The lowest BCUT2D eigenvalue weighted by Crippen LogP contribution is -2.20. The van der Waals surface area contributed by atoms with Crippen LogP contribution >= 0.6 is 11.6 Å². The Labute approximate surface area is 171 Å². The topological polar surface area (TPSA) is 120 Å². The number of anilines is 1. The molecule has 1 aliphatic carbocycles. The third-order valence-corrected chi connectivity index (χ3v) is 6.10. The lowest BCUT2D eigenvalue weighted by Gasteiger charge is -2.30. The summed E-state index contributed by atoms with van der Waals surface area (Å²) in [5.41, 5.74) is 11.5. The number of nitrogen functional groups attached to an aromatic ring is 1. The van der Waals surface area contributed by atoms with Gasteiger partial charge in [0.1, 0.15) is 0 Å². The molecule has 0 spiro atoms. The first-order valence-corrected chi connectivity index (χ1v) is 9.81. The molecule has 2 aromatic heterocycles. The quantitative estimate of drug-likeness (QED) is 0.372. The summed E-state index contributed by atoms with van der Waals surface area (Å²) in [5, 5.41) is 19.3. The summed E-state index contributed by atoms with van der Waals surface area (Å²) in [6.45, 7) is 1.85. The van der Waals surface area contributed by atoms with E-state index in [9.17, 15) is 10.1 Å². The normalized spacial score (nSPS) is 17.1. The summed E-state index contributed by atoms with van der Waals surface area (Å²) in [4.78, 5) is 16.1. The van der Waals surface area contributed by atoms with Crippen molar-refractivity contribution in [3.8, 4) is 11.8 Å². The first-order valence-electron chi connectivity index (χ1n) is 9.44. The van der Waals surface area contributed by atoms with Gasteiger partial charge < -0.3 is 10.5 Å². The highest BCUT2D eigenvalue weighted by Crippen LogP contribution is 2.53. The number of nitro benzene ring substituents is 1. The molecule has 0 radical (unpaired) electrons. The van der Waals surface area contributed by atoms with Crippen molar-refractivity contribution in [2.24, 2.45) is 0 Å². The minimum atomic E-state index is -0.596. The minimum absolute atomic E-state index is 0.0704. The second kappa shape index (κ2) is 6.45. The first kappa shape index (κ1) is 17.9. The number of aromatic nitrogens is 3. The number of nitrogens with one attached hydrogen (secondary N) is 1. The van der Waals surface area contributed by atoms with E-state index in [2.05, 4.69) is 10.2 Å². The van der Waals surface area contributed by atoms with Gasteiger partial charge in [0.05, 0.1) is 27.0 Å². The van der Waals surface area contributed by atoms with E-state index in [0.717, 1.165) is 42.6 Å². The van der Waals surface area contributed by atoms with Gasteiger partial charge in [-0.15, -0.1) is 5.10 Å². The standard InChI is InChI=1S/C20H18ClN5O3/c1-9-14-16(15-11(21)6-4-8-13(15)26(27)28)17-18(22)10-5-2-3-7-12(10)23-19(17)29-20(14)25-24-9/h4,6,8,16H,2-3,5,7H2,1H3,(H2,22,23)(H,24,25). The second-order valence-electron chi connectivity index (χ2n) is 7.41. The fourth-order valence-electron chi connectivity index (χ4n) is 4.45. The van der Waals surface area contributed by atoms with Gasteiger partial charge in [-0.1, -0.05) is 17.7 Å². The number of nitrogens with two attached hydrogens (primary N) is 1. The van der Waals surface area contributed by atoms with Crippen molar-refractivity contribution in [1.82, 2.24) is 15.2 Å². The molecule has 9 heteroatoms. The molecular formula is C20H18ClN5O3. The molecule has 0 fully saturated rings. The Bertz CT molecular complexity index is 1170. The zero-order valence-corrected chi connectivity index (χ0v) is 16.4. The summed E-state index contributed by atoms with van der Waals surface area (Å²) >= 11 is 6.52. The number of hydrogen-bond acceptors (Lipinski definition) is 6. The monoisotopic (exact) mass is 411 g/mol. The molecule has 148 valence electrons. The zero-order chi connectivity index (χ0) is 20.3. The van der Waals surface area contributed by atoms with Crippen LogP contribution in [0.15, 0.2) is 18.2 Å². The number of fused-ring (bicyclic) bond motifs is 3. The molecule has 0 amide bonds. The molecule has 29 heavy (non-hydrogen) atoms. The van der Waals surface area contributed by atoms with Crippen molar-refractivity contribution in [2.45, 2.75) is 38.5 Å². The van der Waals surface area contributed by atoms with Crippen LogP contribution in [0.25, 0.3) is 0 Å². The molecule has 0 saturated carbocycles. The van der Waals surface area contributed by atoms with Crippen LogP contribution in [0.1, 0.15) is 52.4 Å². The molecule has 8 nitrogen and oxygen atoms in total. The van der Waals surface area contributed by atoms with Crippen LogP contribution in [0.3, 0.4) is 0 Å². The van der Waals surface area contributed by atoms with E-state index in [4.69, 9.17) is 27.1 Å². The number of nitro groups is 1. The fourth-order valence-corrected chi connectivity index (χ4v) is 4.73. The molecule has 0 saturated heterocycles. The lowest BCUT2D eigenvalue weighted by atomic mass is 9.80. The predicted molar refractivity (Wildman–Crippen MR) is 108 cm³/mol. The van der Waals surface area contributed by atoms with Crippen LogP contribution in [0.2, 0.25) is 5.02 Å². The number of aromatic amines is 1. The maximum atomic E-state index is 11.8. The molecule has 2 aliphatic rings. The van der Waals surface area contributed by atoms with Crippen molar-refractivity contribution in [2.75, 3.05) is 5.73 Å². The number of benzene rings is 1. The van der Waals surface area contributed by atoms with E-state index >= 15 is 0 Å². The summed E-state index contributed by atoms with van der Waals surface area (Å²) < 4.78 is 5.99. The van der Waals surface area contributed by atoms with Crippen molar-refractivity contribution in [3.05, 3.63) is 67.0 Å². The third-order valence-electron chi connectivity index (χ3n) is 5.77. The number of aryl methyl sites for hydroxylation is 2. The number of nitrogens with zero attached hydrogens (tertiary/aromatic N) is 3. The van der Waals surface area contributed by atoms with Crippen molar-refractivity contribution < 1.29 is 9.66 Å². The van der Waals surface area contributed by atoms with E-state index in [1.807, 2.05) is 6.92 Å². The first-order chi connectivity index (χ1) is 14.0. The van der Waals surface area contributed by atoms with Gasteiger partial charge in [0.2, 0.25) is 11.8 Å². The Hall–Kier alpha value is -3.13. The molecule has 3 aromatic rings. The molecule has 1 aliphatic heterocycles. The SMILES string of the molecule is Cc1[nH]nc2c1C(c1c(Cl)cccc1[N+](=O)[O-])c1c(nc3c(c1N)CCCC3)O2. The van der Waals surface area contributed by atoms with Crippen LogP contribution in [-0.2, 0) is 12.8 Å². The van der Waals surface area contributed by atoms with Crippen molar-refractivity contribution in [3.63, 3.8) is 0 Å². The van der Waals surface area contributed by atoms with Crippen LogP contribution in [0, 0.1) is 17.0 Å². The van der Waals surface area contributed by atoms with Crippen LogP contribution in [0.5, 0.6) is 11.8 Å². The zero-order valence-electron chi connectivity index (χ0n) is 15.7. The second-order valence-corrected chi connectivity index (χ2v) is 7.82. The van der Waals surface area contributed by atoms with Gasteiger partial charge in [0.15, 0.2) is 0 Å². The molecule has 0 bridgehead atoms. The highest BCUT2D eigenvalue weighted by molar-refractivity contribution is 6.31. The van der Waals surface area contributed by atoms with Gasteiger partial charge in [-0.2, -0.15) is 0 Å². The van der Waals surface area contributed by atoms with E-state index in [1.165, 1.54) is 6.07 Å². The Morgan fingerprint density at radius 1 is 1.24 bits per heavy atom. The number of rotatable bonds is 2. The Kier molecular flexibility index (Phi) is 3.99. The highest BCUT2D eigenvalue weighted by Gasteiger charge is 2.41. The van der Waals surface area contributed by atoms with Crippen LogP contribution in [-0.4, -0.2) is 20.1 Å². The molecule has 1 atom stereocenters. The van der Waals surface area contributed by atoms with Crippen molar-refractivity contribution in [1.29, 1.82) is 0 Å². The van der Waals surface area contributed by atoms with E-state index in [-0.39, 0.29) is 5.69 Å². The largest absolute Gasteiger partial charge is 0.418 e. The third kappa shape index (κ3) is 2.59. The van der Waals surface area contributed by atoms with E-state index in [1.54, 1.807) is 12.1 Å². The van der Waals surface area contributed by atoms with Gasteiger partial charge in [-0.25, -0.2) is 4.98 Å². The Morgan fingerprint density at radius 2 is 2.03 bits per heavy atom. The van der Waals surface area contributed by atoms with Gasteiger partial charge in [0.25, 0.3) is 5.69 Å². The predicted octanol–water partition coefficient (Wildman–Crippen LogP) is 4.42. The van der Waals surface area contributed by atoms with Gasteiger partial charge in [0, 0.05) is 28.7 Å². The molecule has 1 aromatic carbocycles. The van der Waals surface area contributed by atoms with Crippen LogP contribution < -0.4 is 10.5 Å². The number of pyridine rings is 1. The molecule has 1 unspecified atom stereocenters. The summed E-state index contributed by atoms with van der Waals surface area (Å²) in [7, 11) is 0. The molecule has 3 heterocycles. The van der Waals surface area contributed by atoms with E-state index in [0.29, 0.717) is 39.2 Å². The Balaban J connectivity index is 1.86. The maximum Gasteiger partial charge on any atom is 0.275 e. The summed E-state index contributed by atoms with van der Waals surface area (Å²) in [5.74, 6) is 0.0968. The smallest absolute Gasteiger partial charge is 0.275 e. The molecule has 5 rings (SSSR count). The highest BCUT2D eigenvalue weighted by atomic mass is 35.5. The van der Waals surface area contributed by atoms with Crippen molar-refractivity contribution >= 4 is 23.0 Å². The number of hydrogen-bond donors (Lipinski definition) is 2. The number of halogens is 1. The van der Waals surface area contributed by atoms with Gasteiger partial charge in [-0.3, -0.25) is 15.2 Å². The summed E-state index contributed by atoms with van der Waals surface area (Å²) in [6.07, 6.45) is 3.74. The average Bonchev–Trinajstić information content (AvgIpc) is 3.07. The maximum absolute atomic E-state index is 11.8.